The first-order chi connectivity index (χ1) is 15.6. The Kier molecular flexibility index (Phi) is 5.46. The number of aryl methyl sites for hydroxylation is 1. The summed E-state index contributed by atoms with van der Waals surface area (Å²) in [5.41, 5.74) is 3.15. The second-order valence-electron chi connectivity index (χ2n) is 8.04. The molecule has 0 unspecified atom stereocenters. The fraction of sp³-hybridized carbons (Fsp3) is 0.240. The molecule has 32 heavy (non-hydrogen) atoms. The van der Waals surface area contributed by atoms with E-state index in [4.69, 9.17) is 9.40 Å². The van der Waals surface area contributed by atoms with Crippen LogP contribution in [0.4, 0.5) is 23.1 Å². The molecule has 2 N–H and O–H groups in total. The molecule has 0 atom stereocenters. The lowest BCUT2D eigenvalue weighted by molar-refractivity contribution is 0.0998. The zero-order valence-electron chi connectivity index (χ0n) is 18.0. The molecule has 2 aromatic carbocycles. The lowest BCUT2D eigenvalue weighted by Gasteiger charge is -2.28. The van der Waals surface area contributed by atoms with Crippen molar-refractivity contribution in [2.75, 3.05) is 28.6 Å². The van der Waals surface area contributed by atoms with Crippen molar-refractivity contribution >= 4 is 40.0 Å². The first-order valence-corrected chi connectivity index (χ1v) is 10.9. The van der Waals surface area contributed by atoms with Crippen molar-refractivity contribution in [3.63, 3.8) is 0 Å². The number of hydrogen-bond acceptors (Lipinski definition) is 6. The maximum absolute atomic E-state index is 12.5. The molecular formula is C25H25N5O2. The summed E-state index contributed by atoms with van der Waals surface area (Å²) in [6.45, 7) is 4.06. The number of furan rings is 1. The molecule has 1 aliphatic rings. The molecule has 0 bridgehead atoms. The van der Waals surface area contributed by atoms with E-state index in [-0.39, 0.29) is 11.7 Å². The molecule has 1 fully saturated rings. The van der Waals surface area contributed by atoms with Crippen molar-refractivity contribution in [2.24, 2.45) is 0 Å². The minimum absolute atomic E-state index is 0.282. The van der Waals surface area contributed by atoms with E-state index < -0.39 is 0 Å². The minimum atomic E-state index is -0.282. The van der Waals surface area contributed by atoms with Gasteiger partial charge in [0, 0.05) is 41.6 Å². The van der Waals surface area contributed by atoms with E-state index in [1.165, 1.54) is 19.3 Å². The number of piperidine rings is 1. The molecule has 1 amide bonds. The SMILES string of the molecule is Cc1cc(N2CCCCC2)nc(Nc2ccc(NC(=O)c3cc4ccccc4o3)cc2)n1. The largest absolute Gasteiger partial charge is 0.451 e. The van der Waals surface area contributed by atoms with Gasteiger partial charge in [-0.2, -0.15) is 4.98 Å². The van der Waals surface area contributed by atoms with E-state index in [1.54, 1.807) is 6.07 Å². The van der Waals surface area contributed by atoms with Gasteiger partial charge in [-0.15, -0.1) is 0 Å². The van der Waals surface area contributed by atoms with E-state index in [2.05, 4.69) is 20.5 Å². The van der Waals surface area contributed by atoms with Crippen LogP contribution in [0.3, 0.4) is 0 Å². The summed E-state index contributed by atoms with van der Waals surface area (Å²) < 4.78 is 5.63. The number of hydrogen-bond donors (Lipinski definition) is 2. The van der Waals surface area contributed by atoms with Gasteiger partial charge in [0.1, 0.15) is 11.4 Å². The van der Waals surface area contributed by atoms with Crippen LogP contribution in [0, 0.1) is 6.92 Å². The van der Waals surface area contributed by atoms with Gasteiger partial charge in [-0.3, -0.25) is 4.79 Å². The van der Waals surface area contributed by atoms with E-state index in [0.717, 1.165) is 35.7 Å². The van der Waals surface area contributed by atoms with Gasteiger partial charge in [-0.1, -0.05) is 18.2 Å². The summed E-state index contributed by atoms with van der Waals surface area (Å²) in [6.07, 6.45) is 3.69. The maximum atomic E-state index is 12.5. The lowest BCUT2D eigenvalue weighted by Crippen LogP contribution is -2.30. The van der Waals surface area contributed by atoms with Crippen molar-refractivity contribution in [3.05, 3.63) is 72.1 Å². The first-order valence-electron chi connectivity index (χ1n) is 10.9. The summed E-state index contributed by atoms with van der Waals surface area (Å²) in [7, 11) is 0. The highest BCUT2D eigenvalue weighted by atomic mass is 16.3. The molecule has 0 radical (unpaired) electrons. The van der Waals surface area contributed by atoms with E-state index in [1.807, 2.05) is 61.5 Å². The standard InChI is InChI=1S/C25H25N5O2/c1-17-15-23(30-13-5-2-6-14-30)29-25(26-17)28-20-11-9-19(10-12-20)27-24(31)22-16-18-7-3-4-8-21(18)32-22/h3-4,7-12,15-16H,2,5-6,13-14H2,1H3,(H,27,31)(H,26,28,29). The third-order valence-corrected chi connectivity index (χ3v) is 5.57. The molecule has 4 aromatic rings. The number of amides is 1. The fourth-order valence-electron chi connectivity index (χ4n) is 3.95. The smallest absolute Gasteiger partial charge is 0.291 e. The molecule has 162 valence electrons. The average molecular weight is 428 g/mol. The Hall–Kier alpha value is -3.87. The highest BCUT2D eigenvalue weighted by Gasteiger charge is 2.15. The number of carbonyl (C=O) groups is 1. The van der Waals surface area contributed by atoms with Crippen molar-refractivity contribution < 1.29 is 9.21 Å². The van der Waals surface area contributed by atoms with E-state index in [9.17, 15) is 4.79 Å². The van der Waals surface area contributed by atoms with Crippen LogP contribution in [-0.4, -0.2) is 29.0 Å². The van der Waals surface area contributed by atoms with Crippen LogP contribution >= 0.6 is 0 Å². The van der Waals surface area contributed by atoms with Crippen LogP contribution in [0.1, 0.15) is 35.5 Å². The molecule has 0 saturated carbocycles. The van der Waals surface area contributed by atoms with Crippen molar-refractivity contribution in [3.8, 4) is 0 Å². The van der Waals surface area contributed by atoms with Crippen LogP contribution in [0.15, 0.2) is 65.1 Å². The second kappa shape index (κ2) is 8.70. The van der Waals surface area contributed by atoms with Crippen LogP contribution in [0.25, 0.3) is 11.0 Å². The number of para-hydroxylation sites is 1. The Balaban J connectivity index is 1.26. The predicted octanol–water partition coefficient (Wildman–Crippen LogP) is 5.52. The number of fused-ring (bicyclic) bond motifs is 1. The monoisotopic (exact) mass is 427 g/mol. The van der Waals surface area contributed by atoms with E-state index >= 15 is 0 Å². The summed E-state index contributed by atoms with van der Waals surface area (Å²) in [4.78, 5) is 24.1. The highest BCUT2D eigenvalue weighted by molar-refractivity contribution is 6.04. The molecule has 0 spiro atoms. The fourth-order valence-corrected chi connectivity index (χ4v) is 3.95. The summed E-state index contributed by atoms with van der Waals surface area (Å²) in [6, 6.07) is 18.8. The van der Waals surface area contributed by atoms with Crippen molar-refractivity contribution in [1.82, 2.24) is 9.97 Å². The van der Waals surface area contributed by atoms with Gasteiger partial charge in [0.05, 0.1) is 0 Å². The van der Waals surface area contributed by atoms with Crippen molar-refractivity contribution in [1.29, 1.82) is 0 Å². The molecule has 1 saturated heterocycles. The topological polar surface area (TPSA) is 83.3 Å². The zero-order valence-corrected chi connectivity index (χ0v) is 18.0. The summed E-state index contributed by atoms with van der Waals surface area (Å²) in [5, 5.41) is 7.05. The lowest BCUT2D eigenvalue weighted by atomic mass is 10.1. The highest BCUT2D eigenvalue weighted by Crippen LogP contribution is 2.23. The van der Waals surface area contributed by atoms with Gasteiger partial charge in [-0.05, 0) is 62.6 Å². The molecule has 5 rings (SSSR count). The summed E-state index contributed by atoms with van der Waals surface area (Å²) in [5.74, 6) is 1.54. The van der Waals surface area contributed by atoms with Crippen LogP contribution in [0.2, 0.25) is 0 Å². The Morgan fingerprint density at radius 1 is 0.938 bits per heavy atom. The van der Waals surface area contributed by atoms with Gasteiger partial charge in [0.2, 0.25) is 5.95 Å². The van der Waals surface area contributed by atoms with Gasteiger partial charge in [-0.25, -0.2) is 4.98 Å². The average Bonchev–Trinajstić information content (AvgIpc) is 3.25. The number of benzene rings is 2. The van der Waals surface area contributed by atoms with Crippen LogP contribution < -0.4 is 15.5 Å². The zero-order chi connectivity index (χ0) is 21.9. The molecule has 7 heteroatoms. The molecular weight excluding hydrogens is 402 g/mol. The van der Waals surface area contributed by atoms with Gasteiger partial charge >= 0.3 is 0 Å². The second-order valence-corrected chi connectivity index (χ2v) is 8.04. The third-order valence-electron chi connectivity index (χ3n) is 5.57. The number of nitrogens with one attached hydrogen (secondary N) is 2. The Morgan fingerprint density at radius 2 is 1.69 bits per heavy atom. The van der Waals surface area contributed by atoms with Crippen LogP contribution in [-0.2, 0) is 0 Å². The quantitative estimate of drug-likeness (QED) is 0.436. The van der Waals surface area contributed by atoms with Crippen molar-refractivity contribution in [2.45, 2.75) is 26.2 Å². The number of aromatic nitrogens is 2. The minimum Gasteiger partial charge on any atom is -0.451 e. The molecule has 0 aliphatic carbocycles. The van der Waals surface area contributed by atoms with Gasteiger partial charge in [0.15, 0.2) is 5.76 Å². The number of nitrogens with zero attached hydrogens (tertiary/aromatic N) is 3. The molecule has 3 heterocycles. The Labute approximate surface area is 186 Å². The van der Waals surface area contributed by atoms with Gasteiger partial charge in [0.25, 0.3) is 5.91 Å². The normalized spacial score (nSPS) is 13.8. The molecule has 7 nitrogen and oxygen atoms in total. The predicted molar refractivity (Wildman–Crippen MR) is 127 cm³/mol. The van der Waals surface area contributed by atoms with Crippen LogP contribution in [0.5, 0.6) is 0 Å². The number of carbonyl (C=O) groups excluding carboxylic acids is 1. The third kappa shape index (κ3) is 4.42. The first kappa shape index (κ1) is 20.1. The number of anilines is 4. The van der Waals surface area contributed by atoms with Gasteiger partial charge < -0.3 is 20.0 Å². The summed E-state index contributed by atoms with van der Waals surface area (Å²) >= 11 is 0. The molecule has 2 aromatic heterocycles. The molecule has 1 aliphatic heterocycles. The Bertz CT molecular complexity index is 1210. The Morgan fingerprint density at radius 3 is 2.47 bits per heavy atom. The maximum Gasteiger partial charge on any atom is 0.291 e. The van der Waals surface area contributed by atoms with E-state index in [0.29, 0.717) is 17.2 Å². The number of rotatable bonds is 5.